The standard InChI is InChI=1S/C92H121N19O22S2/c1-50-19-18-22-63-60(45-97-74(50)63)43-67-81(123)100-64(23-14-16-35-95-52(3)113)80(122)108-77-86(128)107-76(57-28-31-62(32-29-57)133-49-98-72(119)47-111(48-73(120)106-75(51(2)112)84(126)103-67)88(130)78(99-54(5)115)91(8,9)135-134-90(77,6)7)85(127)102-66(41-56-25-26-59-42-61(116)30-27-58(59)39-56)83(125)109-92(33-37-132-38-34-92)89(131)105-65(24-15-17-36-96-53(4)114)79(121)101-68(44-70(93)117)82(124)104-69(40-55-20-12-11-13-21-55)87(129)110(10)46-71(94)118/h11-13,18-22,25-32,39,42,45,51,64-69,75-78,97,112,116H,14-17,23-24,33-38,40-41,43-44,46-49H2,1-10H3,(H2,93,117)(H2,94,118)(H,95,113)(H,96,114)(H,98,119)(H,99,115)(H,100,123)(H,101,121)(H,102,127)(H,103,126)(H,104,124)(H,105,131)(H,106,120)(H,107,128)(H,108,122)(H,109,125)/t51-,64+,65+,66+,67+,68+,69+,75+,76+,77-,78-/m1/s1. The fourth-order valence-corrected chi connectivity index (χ4v) is 18.5. The summed E-state index contributed by atoms with van der Waals surface area (Å²) in [7, 11) is 3.08. The maximum absolute atomic E-state index is 16.4. The van der Waals surface area contributed by atoms with Gasteiger partial charge < -0.3 is 120 Å². The molecule has 10 rings (SSSR count). The summed E-state index contributed by atoms with van der Waals surface area (Å²) in [6.07, 6.45) is -2.17. The summed E-state index contributed by atoms with van der Waals surface area (Å²) in [5, 5.41) is 61.4. The first-order chi connectivity index (χ1) is 63.9. The second kappa shape index (κ2) is 48.5. The van der Waals surface area contributed by atoms with E-state index < -0.39 is 215 Å². The van der Waals surface area contributed by atoms with Crippen LogP contribution in [-0.4, -0.2) is 267 Å². The van der Waals surface area contributed by atoms with Gasteiger partial charge in [-0.25, -0.2) is 0 Å². The van der Waals surface area contributed by atoms with E-state index in [1.807, 2.05) is 13.0 Å². The number of amides is 18. The number of nitrogens with zero attached hydrogens (tertiary/aromatic N) is 2. The minimum atomic E-state index is -2.04. The number of hydrogen-bond acceptors (Lipinski definition) is 24. The van der Waals surface area contributed by atoms with Gasteiger partial charge in [0.05, 0.1) is 19.1 Å². The maximum atomic E-state index is 16.4. The van der Waals surface area contributed by atoms with Crippen LogP contribution in [0.15, 0.2) is 115 Å². The molecule has 728 valence electrons. The summed E-state index contributed by atoms with van der Waals surface area (Å²) in [5.41, 5.74) is 12.0. The number of hydrogen-bond donors (Lipinski definition) is 19. The number of nitrogens with two attached hydrogens (primary N) is 2. The van der Waals surface area contributed by atoms with Crippen LogP contribution in [0.4, 0.5) is 0 Å². The number of phenolic OH excluding ortho intramolecular Hbond substituents is 1. The van der Waals surface area contributed by atoms with E-state index in [1.165, 1.54) is 91.9 Å². The number of aromatic nitrogens is 1. The van der Waals surface area contributed by atoms with Crippen LogP contribution < -0.4 is 90.6 Å². The van der Waals surface area contributed by atoms with Crippen LogP contribution in [0.2, 0.25) is 0 Å². The summed E-state index contributed by atoms with van der Waals surface area (Å²) < 4.78 is 8.51. The van der Waals surface area contributed by atoms with Crippen molar-refractivity contribution in [2.45, 2.75) is 221 Å². The Bertz CT molecular complexity index is 5360. The number of ether oxygens (including phenoxy) is 2. The average Bonchev–Trinajstić information content (AvgIpc) is 1.34. The number of carbonyl (C=O) groups is 18. The second-order valence-corrected chi connectivity index (χ2v) is 38.3. The van der Waals surface area contributed by atoms with E-state index in [0.717, 1.165) is 43.9 Å². The largest absolute Gasteiger partial charge is 0.508 e. The lowest BCUT2D eigenvalue weighted by molar-refractivity contribution is -0.143. The number of unbranched alkanes of at least 4 members (excludes halogenated alkanes) is 2. The topological polar surface area (TPSA) is 609 Å². The van der Waals surface area contributed by atoms with Crippen molar-refractivity contribution in [1.29, 1.82) is 0 Å². The Labute approximate surface area is 787 Å². The molecular formula is C92H121N19O22S2. The minimum Gasteiger partial charge on any atom is -0.508 e. The number of fused-ring (bicyclic) bond motifs is 10. The number of carbonyl (C=O) groups excluding carboxylic acids is 18. The highest BCUT2D eigenvalue weighted by atomic mass is 33.1. The van der Waals surface area contributed by atoms with Gasteiger partial charge in [0.15, 0.2) is 6.73 Å². The monoisotopic (exact) mass is 1910 g/mol. The number of aromatic hydroxyl groups is 1. The van der Waals surface area contributed by atoms with Gasteiger partial charge in [-0.15, -0.1) is 0 Å². The van der Waals surface area contributed by atoms with Crippen LogP contribution >= 0.6 is 21.6 Å². The van der Waals surface area contributed by atoms with E-state index in [9.17, 15) is 58.2 Å². The SMILES string of the molecule is CC(=O)NCCCC[C@@H]1NC(=O)[C@H](Cc2c[nH]c3c(C)cccc23)NC(=O)[C@H]([C@@H](C)O)NC(=O)CN2CC(=O)NCOc3ccc(cc3)[C@@H](C(=O)N[C@@H](Cc3ccc4cc(O)ccc4c3)C(=O)NC3(C(=O)N[C@@H](CCCCNC(C)=O)C(=O)N[C@@H](CC(N)=O)C(=O)N[C@@H](Cc4ccccc4)C(=O)N(C)CC(N)=O)CCOCC3)NC(=O)[C@@H](NC1=O)C(C)(C)SSC(C)(C)[C@H](NC(C)=O)C2=O. The normalized spacial score (nSPS) is 20.1. The third-order valence-corrected chi connectivity index (χ3v) is 27.3. The Hall–Kier alpha value is -13.4. The minimum absolute atomic E-state index is 0.0117. The van der Waals surface area contributed by atoms with Gasteiger partial charge in [-0.05, 0) is 143 Å². The van der Waals surface area contributed by atoms with Crippen LogP contribution in [-0.2, 0) is 110 Å². The van der Waals surface area contributed by atoms with E-state index in [-0.39, 0.29) is 119 Å². The van der Waals surface area contributed by atoms with E-state index >= 15 is 38.4 Å². The molecule has 4 bridgehead atoms. The van der Waals surface area contributed by atoms with Gasteiger partial charge in [0.1, 0.15) is 90.5 Å². The Morgan fingerprint density at radius 3 is 1.90 bits per heavy atom. The molecule has 41 nitrogen and oxygen atoms in total. The number of aryl methyl sites for hydroxylation is 1. The van der Waals surface area contributed by atoms with E-state index in [1.54, 1.807) is 72.9 Å². The quantitative estimate of drug-likeness (QED) is 0.0179. The number of benzene rings is 5. The second-order valence-electron chi connectivity index (χ2n) is 34.9. The Morgan fingerprint density at radius 2 is 1.24 bits per heavy atom. The lowest BCUT2D eigenvalue weighted by atomic mass is 9.87. The number of likely N-dealkylation sites (N-methyl/N-ethyl adjacent to an activating group) is 1. The first-order valence-electron chi connectivity index (χ1n) is 44.2. The average molecular weight is 1910 g/mol. The van der Waals surface area contributed by atoms with Gasteiger partial charge in [-0.2, -0.15) is 0 Å². The summed E-state index contributed by atoms with van der Waals surface area (Å²) in [6.45, 7) is 9.59. The molecule has 5 heterocycles. The number of aliphatic hydroxyl groups is 1. The molecular weight excluding hydrogens is 1790 g/mol. The molecule has 6 aromatic rings. The summed E-state index contributed by atoms with van der Waals surface area (Å²) >= 11 is 0. The molecule has 1 aromatic heterocycles. The van der Waals surface area contributed by atoms with Gasteiger partial charge in [0.2, 0.25) is 106 Å². The molecule has 0 unspecified atom stereocenters. The summed E-state index contributed by atoms with van der Waals surface area (Å²) in [4.78, 5) is 266. The summed E-state index contributed by atoms with van der Waals surface area (Å²) in [6, 6.07) is 11.4. The van der Waals surface area contributed by atoms with Gasteiger partial charge >= 0.3 is 0 Å². The third kappa shape index (κ3) is 30.6. The predicted molar refractivity (Wildman–Crippen MR) is 498 cm³/mol. The molecule has 135 heavy (non-hydrogen) atoms. The van der Waals surface area contributed by atoms with Crippen LogP contribution in [0.5, 0.6) is 11.5 Å². The highest BCUT2D eigenvalue weighted by Crippen LogP contribution is 2.47. The number of rotatable bonds is 33. The van der Waals surface area contributed by atoms with Crippen LogP contribution in [0.3, 0.4) is 0 Å². The molecule has 0 aliphatic carbocycles. The highest BCUT2D eigenvalue weighted by molar-refractivity contribution is 8.77. The molecule has 0 saturated carbocycles. The van der Waals surface area contributed by atoms with Gasteiger partial charge in [-0.1, -0.05) is 107 Å². The molecule has 0 spiro atoms. The number of aromatic amines is 1. The molecule has 4 aliphatic rings. The van der Waals surface area contributed by atoms with Crippen molar-refractivity contribution >= 4 is 150 Å². The molecule has 11 atom stereocenters. The van der Waals surface area contributed by atoms with Gasteiger partial charge in [-0.3, -0.25) is 86.3 Å². The van der Waals surface area contributed by atoms with Crippen molar-refractivity contribution in [3.63, 3.8) is 0 Å². The maximum Gasteiger partial charge on any atom is 0.247 e. The smallest absolute Gasteiger partial charge is 0.247 e. The number of H-pyrrole nitrogens is 1. The number of nitrogens with one attached hydrogen (secondary N) is 15. The van der Waals surface area contributed by atoms with Gasteiger partial charge in [0.25, 0.3) is 0 Å². The number of primary amides is 2. The first-order valence-corrected chi connectivity index (χ1v) is 46.4. The van der Waals surface area contributed by atoms with Gasteiger partial charge in [0, 0.05) is 113 Å². The van der Waals surface area contributed by atoms with Crippen molar-refractivity contribution in [2.75, 3.05) is 59.7 Å². The lowest BCUT2D eigenvalue weighted by Gasteiger charge is -2.40. The van der Waals surface area contributed by atoms with Crippen molar-refractivity contribution in [2.24, 2.45) is 11.5 Å². The zero-order valence-electron chi connectivity index (χ0n) is 76.9. The molecule has 43 heteroatoms. The van der Waals surface area contributed by atoms with Crippen molar-refractivity contribution in [3.8, 4) is 11.5 Å². The lowest BCUT2D eigenvalue weighted by Crippen LogP contribution is -2.66. The Kier molecular flexibility index (Phi) is 37.8. The van der Waals surface area contributed by atoms with E-state index in [0.29, 0.717) is 38.4 Å². The van der Waals surface area contributed by atoms with Crippen molar-refractivity contribution < 1.29 is 106 Å². The number of aliphatic hydroxyl groups excluding tert-OH is 1. The summed E-state index contributed by atoms with van der Waals surface area (Å²) in [5.74, 6) is -16.9. The molecule has 0 radical (unpaired) electrons. The molecule has 4 aliphatic heterocycles. The van der Waals surface area contributed by atoms with Crippen LogP contribution in [0.1, 0.15) is 147 Å². The highest BCUT2D eigenvalue weighted by Gasteiger charge is 2.49. The molecule has 21 N–H and O–H groups in total. The van der Waals surface area contributed by atoms with E-state index in [2.05, 4.69) is 79.4 Å². The molecule has 18 amide bonds. The molecule has 2 saturated heterocycles. The Balaban J connectivity index is 1.14. The van der Waals surface area contributed by atoms with Crippen LogP contribution in [0.25, 0.3) is 21.7 Å². The zero-order valence-corrected chi connectivity index (χ0v) is 78.5. The zero-order chi connectivity index (χ0) is 98.8. The molecule has 2 fully saturated rings. The number of phenols is 1. The molecule has 5 aromatic carbocycles. The predicted octanol–water partition coefficient (Wildman–Crippen LogP) is -0.671. The first kappa shape index (κ1) is 105. The fraction of sp³-hybridized carbons (Fsp3) is 0.478. The van der Waals surface area contributed by atoms with Crippen LogP contribution in [0, 0.1) is 6.92 Å². The Morgan fingerprint density at radius 1 is 0.615 bits per heavy atom. The third-order valence-electron chi connectivity index (χ3n) is 23.1. The van der Waals surface area contributed by atoms with E-state index in [4.69, 9.17) is 20.9 Å². The number of para-hydroxylation sites is 1. The van der Waals surface area contributed by atoms with Crippen molar-refractivity contribution in [3.05, 3.63) is 143 Å². The van der Waals surface area contributed by atoms with Crippen molar-refractivity contribution in [1.82, 2.24) is 89.2 Å². The fourth-order valence-electron chi connectivity index (χ4n) is 15.7.